The molecule has 0 aliphatic rings. The van der Waals surface area contributed by atoms with Crippen molar-refractivity contribution in [2.24, 2.45) is 0 Å². The van der Waals surface area contributed by atoms with Crippen molar-refractivity contribution < 1.29 is 9.72 Å². The van der Waals surface area contributed by atoms with Crippen molar-refractivity contribution in [3.05, 3.63) is 69.1 Å². The lowest BCUT2D eigenvalue weighted by Crippen LogP contribution is -2.28. The lowest BCUT2D eigenvalue weighted by molar-refractivity contribution is -0.385. The summed E-state index contributed by atoms with van der Waals surface area (Å²) in [4.78, 5) is 22.9. The number of fused-ring (bicyclic) bond motifs is 1. The van der Waals surface area contributed by atoms with Crippen molar-refractivity contribution in [1.82, 2.24) is 19.9 Å². The van der Waals surface area contributed by atoms with Crippen LogP contribution in [0.25, 0.3) is 5.65 Å². The highest BCUT2D eigenvalue weighted by molar-refractivity contribution is 6.34. The third-order valence-electron chi connectivity index (χ3n) is 3.49. The van der Waals surface area contributed by atoms with Gasteiger partial charge in [0.1, 0.15) is 5.56 Å². The number of nitrogens with zero attached hydrogens (tertiary/aromatic N) is 4. The van der Waals surface area contributed by atoms with E-state index in [1.54, 1.807) is 23.6 Å². The maximum Gasteiger partial charge on any atom is 0.283 e. The molecule has 2 heterocycles. The molecule has 1 atom stereocenters. The largest absolute Gasteiger partial charge is 0.342 e. The Hall–Kier alpha value is -3.00. The van der Waals surface area contributed by atoms with Crippen molar-refractivity contribution in [2.45, 2.75) is 13.0 Å². The van der Waals surface area contributed by atoms with Gasteiger partial charge in [0, 0.05) is 12.3 Å². The summed E-state index contributed by atoms with van der Waals surface area (Å²) in [5.74, 6) is -0.138. The quantitative estimate of drug-likeness (QED) is 0.578. The summed E-state index contributed by atoms with van der Waals surface area (Å²) < 4.78 is 1.73. The van der Waals surface area contributed by atoms with Crippen LogP contribution >= 0.6 is 11.6 Å². The van der Waals surface area contributed by atoms with Gasteiger partial charge in [0.2, 0.25) is 0 Å². The third-order valence-corrected chi connectivity index (χ3v) is 3.81. The molecule has 0 bridgehead atoms. The second kappa shape index (κ2) is 6.25. The van der Waals surface area contributed by atoms with Gasteiger partial charge in [-0.2, -0.15) is 0 Å². The van der Waals surface area contributed by atoms with Gasteiger partial charge in [-0.1, -0.05) is 23.7 Å². The van der Waals surface area contributed by atoms with E-state index in [0.29, 0.717) is 11.5 Å². The summed E-state index contributed by atoms with van der Waals surface area (Å²) in [5, 5.41) is 21.9. The summed E-state index contributed by atoms with van der Waals surface area (Å²) in [7, 11) is 0. The summed E-state index contributed by atoms with van der Waals surface area (Å²) in [5.41, 5.74) is 0.112. The topological polar surface area (TPSA) is 102 Å². The fraction of sp³-hybridized carbons (Fsp3) is 0.133. The first-order chi connectivity index (χ1) is 11.5. The Labute approximate surface area is 141 Å². The van der Waals surface area contributed by atoms with E-state index in [0.717, 1.165) is 0 Å². The number of carbonyl (C=O) groups excluding carboxylic acids is 1. The predicted octanol–water partition coefficient (Wildman–Crippen LogP) is 2.78. The van der Waals surface area contributed by atoms with Crippen LogP contribution < -0.4 is 5.32 Å². The van der Waals surface area contributed by atoms with Crippen LogP contribution in [0.3, 0.4) is 0 Å². The van der Waals surface area contributed by atoms with E-state index in [2.05, 4.69) is 15.5 Å². The van der Waals surface area contributed by atoms with E-state index in [9.17, 15) is 14.9 Å². The minimum atomic E-state index is -0.646. The lowest BCUT2D eigenvalue weighted by atomic mass is 10.1. The van der Waals surface area contributed by atoms with E-state index in [-0.39, 0.29) is 16.3 Å². The summed E-state index contributed by atoms with van der Waals surface area (Å²) in [6.07, 6.45) is 1.77. The Bertz CT molecular complexity index is 940. The number of nitro benzene ring substituents is 1. The second-order valence-electron chi connectivity index (χ2n) is 5.07. The number of rotatable bonds is 4. The molecule has 0 radical (unpaired) electrons. The number of hydrogen-bond donors (Lipinski definition) is 1. The first kappa shape index (κ1) is 15.9. The number of halogens is 1. The number of nitro groups is 1. The highest BCUT2D eigenvalue weighted by Crippen LogP contribution is 2.26. The molecule has 0 aliphatic heterocycles. The first-order valence-electron chi connectivity index (χ1n) is 7.02. The Morgan fingerprint density at radius 3 is 2.83 bits per heavy atom. The molecule has 9 heteroatoms. The van der Waals surface area contributed by atoms with Crippen LogP contribution in [0, 0.1) is 10.1 Å². The van der Waals surface area contributed by atoms with Gasteiger partial charge in [0.15, 0.2) is 11.5 Å². The molecule has 0 saturated heterocycles. The highest BCUT2D eigenvalue weighted by Gasteiger charge is 2.25. The maximum absolute atomic E-state index is 12.5. The lowest BCUT2D eigenvalue weighted by Gasteiger charge is -2.13. The minimum Gasteiger partial charge on any atom is -0.342 e. The number of pyridine rings is 1. The van der Waals surface area contributed by atoms with E-state index in [1.165, 1.54) is 18.2 Å². The third kappa shape index (κ3) is 2.79. The van der Waals surface area contributed by atoms with E-state index in [4.69, 9.17) is 11.6 Å². The molecule has 0 saturated carbocycles. The van der Waals surface area contributed by atoms with Crippen LogP contribution in [-0.4, -0.2) is 25.4 Å². The van der Waals surface area contributed by atoms with Gasteiger partial charge in [-0.15, -0.1) is 10.2 Å². The van der Waals surface area contributed by atoms with E-state index < -0.39 is 16.9 Å². The zero-order valence-corrected chi connectivity index (χ0v) is 13.3. The molecule has 0 unspecified atom stereocenters. The Morgan fingerprint density at radius 2 is 2.08 bits per heavy atom. The van der Waals surface area contributed by atoms with E-state index >= 15 is 0 Å². The summed E-state index contributed by atoms with van der Waals surface area (Å²) in [6, 6.07) is 8.98. The molecular formula is C15H12ClN5O3. The van der Waals surface area contributed by atoms with Crippen molar-refractivity contribution in [3.63, 3.8) is 0 Å². The smallest absolute Gasteiger partial charge is 0.283 e. The van der Waals surface area contributed by atoms with Crippen molar-refractivity contribution in [3.8, 4) is 0 Å². The molecule has 0 aliphatic carbocycles. The predicted molar refractivity (Wildman–Crippen MR) is 87.0 cm³/mol. The minimum absolute atomic E-state index is 0.0139. The molecule has 2 aromatic heterocycles. The number of benzene rings is 1. The van der Waals surface area contributed by atoms with Crippen LogP contribution in [0.4, 0.5) is 5.69 Å². The van der Waals surface area contributed by atoms with Gasteiger partial charge in [0.25, 0.3) is 11.6 Å². The monoisotopic (exact) mass is 345 g/mol. The zero-order valence-electron chi connectivity index (χ0n) is 12.5. The molecule has 8 nitrogen and oxygen atoms in total. The van der Waals surface area contributed by atoms with Crippen molar-refractivity contribution in [1.29, 1.82) is 0 Å². The zero-order chi connectivity index (χ0) is 17.3. The maximum atomic E-state index is 12.5. The second-order valence-corrected chi connectivity index (χ2v) is 5.48. The molecule has 24 heavy (non-hydrogen) atoms. The van der Waals surface area contributed by atoms with Crippen LogP contribution in [0.15, 0.2) is 42.6 Å². The Balaban J connectivity index is 1.92. The fourth-order valence-corrected chi connectivity index (χ4v) is 2.63. The highest BCUT2D eigenvalue weighted by atomic mass is 35.5. The Morgan fingerprint density at radius 1 is 1.29 bits per heavy atom. The average Bonchev–Trinajstić information content (AvgIpc) is 2.98. The number of hydrogen-bond acceptors (Lipinski definition) is 5. The van der Waals surface area contributed by atoms with Crippen LogP contribution in [0.5, 0.6) is 0 Å². The van der Waals surface area contributed by atoms with E-state index in [1.807, 2.05) is 12.1 Å². The molecule has 0 fully saturated rings. The molecule has 3 rings (SSSR count). The normalized spacial score (nSPS) is 12.1. The molecule has 1 amide bonds. The van der Waals surface area contributed by atoms with Crippen LogP contribution in [0.2, 0.25) is 5.02 Å². The van der Waals surface area contributed by atoms with Crippen LogP contribution in [0.1, 0.15) is 29.1 Å². The number of amides is 1. The van der Waals surface area contributed by atoms with Crippen LogP contribution in [-0.2, 0) is 0 Å². The SMILES string of the molecule is C[C@H](NC(=O)c1c(Cl)cccc1[N+](=O)[O-])c1nnc2ccccn12. The molecule has 1 N–H and O–H groups in total. The number of carbonyl (C=O) groups is 1. The molecule has 0 spiro atoms. The molecule has 122 valence electrons. The van der Waals surface area contributed by atoms with Gasteiger partial charge in [-0.3, -0.25) is 19.3 Å². The summed E-state index contributed by atoms with van der Waals surface area (Å²) >= 11 is 5.97. The van der Waals surface area contributed by atoms with Crippen molar-refractivity contribution in [2.75, 3.05) is 0 Å². The van der Waals surface area contributed by atoms with Gasteiger partial charge in [-0.05, 0) is 25.1 Å². The molecule has 3 aromatic rings. The van der Waals surface area contributed by atoms with Gasteiger partial charge in [0.05, 0.1) is 16.0 Å². The van der Waals surface area contributed by atoms with Crippen molar-refractivity contribution >= 4 is 28.8 Å². The number of nitrogens with one attached hydrogen (secondary N) is 1. The average molecular weight is 346 g/mol. The fourth-order valence-electron chi connectivity index (χ4n) is 2.38. The number of aromatic nitrogens is 3. The molecule has 1 aromatic carbocycles. The van der Waals surface area contributed by atoms with Gasteiger partial charge >= 0.3 is 0 Å². The standard InChI is InChI=1S/C15H12ClN5O3/c1-9(14-19-18-12-7-2-3-8-20(12)14)17-15(22)13-10(16)5-4-6-11(13)21(23)24/h2-9H,1H3,(H,17,22)/t9-/m0/s1. The Kier molecular flexibility index (Phi) is 4.13. The summed E-state index contributed by atoms with van der Waals surface area (Å²) in [6.45, 7) is 1.71. The first-order valence-corrected chi connectivity index (χ1v) is 7.40. The molecular weight excluding hydrogens is 334 g/mol. The van der Waals surface area contributed by atoms with Gasteiger partial charge in [-0.25, -0.2) is 0 Å². The van der Waals surface area contributed by atoms with Gasteiger partial charge < -0.3 is 5.32 Å².